The monoisotopic (exact) mass is 285 g/mol. The van der Waals surface area contributed by atoms with Crippen LogP contribution in [0.4, 0.5) is 5.69 Å². The molecule has 1 saturated carbocycles. The van der Waals surface area contributed by atoms with Gasteiger partial charge >= 0.3 is 0 Å². The van der Waals surface area contributed by atoms with Gasteiger partial charge in [0, 0.05) is 5.92 Å². The van der Waals surface area contributed by atoms with Crippen LogP contribution in [0.15, 0.2) is 24.3 Å². The fourth-order valence-corrected chi connectivity index (χ4v) is 4.07. The fourth-order valence-electron chi connectivity index (χ4n) is 4.07. The van der Waals surface area contributed by atoms with Crippen molar-refractivity contribution < 1.29 is 9.59 Å². The number of hydrogen-bond donors (Lipinski definition) is 0. The van der Waals surface area contributed by atoms with Crippen molar-refractivity contribution in [1.29, 1.82) is 0 Å². The molecule has 1 aromatic carbocycles. The second-order valence-electron chi connectivity index (χ2n) is 7.11. The summed E-state index contributed by atoms with van der Waals surface area (Å²) in [5, 5.41) is 0. The van der Waals surface area contributed by atoms with E-state index in [-0.39, 0.29) is 23.1 Å². The first-order chi connectivity index (χ1) is 9.84. The van der Waals surface area contributed by atoms with Crippen molar-refractivity contribution in [1.82, 2.24) is 0 Å². The highest BCUT2D eigenvalue weighted by Gasteiger charge is 2.64. The van der Waals surface area contributed by atoms with Gasteiger partial charge in [0.1, 0.15) is 0 Å². The van der Waals surface area contributed by atoms with Gasteiger partial charge in [-0.1, -0.05) is 45.9 Å². The fraction of sp³-hybridized carbons (Fsp3) is 0.556. The van der Waals surface area contributed by atoms with Gasteiger partial charge in [0.2, 0.25) is 11.8 Å². The van der Waals surface area contributed by atoms with Crippen LogP contribution in [0.25, 0.3) is 0 Å². The topological polar surface area (TPSA) is 37.4 Å². The summed E-state index contributed by atoms with van der Waals surface area (Å²) < 4.78 is 0. The summed E-state index contributed by atoms with van der Waals surface area (Å²) in [6.07, 6.45) is 2.44. The van der Waals surface area contributed by atoms with E-state index in [0.717, 1.165) is 30.5 Å². The van der Waals surface area contributed by atoms with E-state index in [2.05, 4.69) is 20.8 Å². The van der Waals surface area contributed by atoms with Crippen LogP contribution in [0, 0.1) is 16.7 Å². The molecular weight excluding hydrogens is 262 g/mol. The minimum atomic E-state index is -0.438. The number of piperidine rings is 1. The minimum absolute atomic E-state index is 0.0131. The predicted molar refractivity (Wildman–Crippen MR) is 82.9 cm³/mol. The Hall–Kier alpha value is -1.64. The highest BCUT2D eigenvalue weighted by atomic mass is 16.2. The normalized spacial score (nSPS) is 30.9. The number of rotatable bonds is 2. The lowest BCUT2D eigenvalue weighted by molar-refractivity contribution is -0.146. The van der Waals surface area contributed by atoms with Crippen LogP contribution in [0.2, 0.25) is 0 Å². The SMILES string of the molecule is CCc1ccccc1N1C(=O)C2CCC(C)(C1=O)C2(C)C. The number of anilines is 1. The molecule has 0 N–H and O–H groups in total. The van der Waals surface area contributed by atoms with Crippen LogP contribution in [0.3, 0.4) is 0 Å². The van der Waals surface area contributed by atoms with Gasteiger partial charge in [0.25, 0.3) is 0 Å². The lowest BCUT2D eigenvalue weighted by atomic mass is 9.62. The predicted octanol–water partition coefficient (Wildman–Crippen LogP) is 3.56. The highest BCUT2D eigenvalue weighted by Crippen LogP contribution is 2.60. The number of hydrogen-bond acceptors (Lipinski definition) is 2. The first-order valence-electron chi connectivity index (χ1n) is 7.81. The number of benzene rings is 1. The molecule has 1 heterocycles. The van der Waals surface area contributed by atoms with E-state index in [0.29, 0.717) is 0 Å². The molecule has 0 radical (unpaired) electrons. The van der Waals surface area contributed by atoms with E-state index >= 15 is 0 Å². The molecule has 3 heteroatoms. The van der Waals surface area contributed by atoms with Crippen LogP contribution < -0.4 is 4.90 Å². The molecule has 1 aromatic rings. The largest absolute Gasteiger partial charge is 0.274 e. The van der Waals surface area contributed by atoms with Crippen molar-refractivity contribution in [3.05, 3.63) is 29.8 Å². The van der Waals surface area contributed by atoms with E-state index in [1.807, 2.05) is 31.2 Å². The minimum Gasteiger partial charge on any atom is -0.274 e. The first-order valence-corrected chi connectivity index (χ1v) is 7.81. The molecule has 1 aliphatic heterocycles. The van der Waals surface area contributed by atoms with Gasteiger partial charge in [0.05, 0.1) is 11.1 Å². The number of carbonyl (C=O) groups is 2. The molecule has 2 aliphatic rings. The molecule has 1 saturated heterocycles. The molecular formula is C18H23NO2. The second kappa shape index (κ2) is 4.43. The Balaban J connectivity index is 2.14. The molecule has 0 aromatic heterocycles. The number of amides is 2. The zero-order valence-corrected chi connectivity index (χ0v) is 13.3. The van der Waals surface area contributed by atoms with Crippen molar-refractivity contribution in [3.63, 3.8) is 0 Å². The Labute approximate surface area is 126 Å². The summed E-state index contributed by atoms with van der Waals surface area (Å²) in [5.41, 5.74) is 1.15. The van der Waals surface area contributed by atoms with Crippen LogP contribution in [0.5, 0.6) is 0 Å². The Morgan fingerprint density at radius 1 is 1.19 bits per heavy atom. The van der Waals surface area contributed by atoms with Gasteiger partial charge in [-0.3, -0.25) is 9.59 Å². The van der Waals surface area contributed by atoms with Gasteiger partial charge < -0.3 is 0 Å². The average Bonchev–Trinajstić information content (AvgIpc) is 2.64. The summed E-state index contributed by atoms with van der Waals surface area (Å²) in [5.74, 6) is -0.0851. The maximum Gasteiger partial charge on any atom is 0.240 e. The van der Waals surface area contributed by atoms with Gasteiger partial charge in [-0.05, 0) is 36.3 Å². The molecule has 2 unspecified atom stereocenters. The number of nitrogens with zero attached hydrogens (tertiary/aromatic N) is 1. The Morgan fingerprint density at radius 3 is 2.52 bits per heavy atom. The molecule has 2 atom stereocenters. The zero-order chi connectivity index (χ0) is 15.4. The lowest BCUT2D eigenvalue weighted by Gasteiger charge is -2.47. The smallest absolute Gasteiger partial charge is 0.240 e. The molecule has 112 valence electrons. The Bertz CT molecular complexity index is 619. The number of carbonyl (C=O) groups excluding carboxylic acids is 2. The van der Waals surface area contributed by atoms with Crippen molar-refractivity contribution in [2.45, 2.75) is 47.0 Å². The summed E-state index contributed by atoms with van der Waals surface area (Å²) in [6, 6.07) is 7.76. The Kier molecular flexibility index (Phi) is 3.01. The molecule has 2 bridgehead atoms. The number of fused-ring (bicyclic) bond motifs is 2. The highest BCUT2D eigenvalue weighted by molar-refractivity contribution is 6.20. The van der Waals surface area contributed by atoms with E-state index < -0.39 is 5.41 Å². The van der Waals surface area contributed by atoms with Crippen LogP contribution in [-0.4, -0.2) is 11.8 Å². The van der Waals surface area contributed by atoms with E-state index in [1.54, 1.807) is 0 Å². The molecule has 2 amide bonds. The van der Waals surface area contributed by atoms with Gasteiger partial charge in [-0.2, -0.15) is 0 Å². The first kappa shape index (κ1) is 14.3. The van der Waals surface area contributed by atoms with Crippen molar-refractivity contribution in [3.8, 4) is 0 Å². The third kappa shape index (κ3) is 1.66. The van der Waals surface area contributed by atoms with Crippen LogP contribution in [-0.2, 0) is 16.0 Å². The van der Waals surface area contributed by atoms with E-state index in [1.165, 1.54) is 4.90 Å². The summed E-state index contributed by atoms with van der Waals surface area (Å²) >= 11 is 0. The van der Waals surface area contributed by atoms with Crippen molar-refractivity contribution in [2.24, 2.45) is 16.7 Å². The number of aryl methyl sites for hydroxylation is 1. The van der Waals surface area contributed by atoms with Crippen molar-refractivity contribution in [2.75, 3.05) is 4.90 Å². The summed E-state index contributed by atoms with van der Waals surface area (Å²) in [7, 11) is 0. The summed E-state index contributed by atoms with van der Waals surface area (Å²) in [6.45, 7) is 8.23. The maximum absolute atomic E-state index is 13.1. The molecule has 2 fully saturated rings. The van der Waals surface area contributed by atoms with Crippen molar-refractivity contribution >= 4 is 17.5 Å². The molecule has 1 aliphatic carbocycles. The molecule has 0 spiro atoms. The lowest BCUT2D eigenvalue weighted by Crippen LogP contribution is -2.59. The number of imide groups is 1. The standard InChI is InChI=1S/C18H23NO2/c1-5-12-8-6-7-9-14(12)19-15(20)13-10-11-18(4,16(19)21)17(13,2)3/h6-9,13H,5,10-11H2,1-4H3. The van der Waals surface area contributed by atoms with Crippen LogP contribution >= 0.6 is 0 Å². The molecule has 21 heavy (non-hydrogen) atoms. The van der Waals surface area contributed by atoms with Gasteiger partial charge in [-0.15, -0.1) is 0 Å². The maximum atomic E-state index is 13.1. The second-order valence-corrected chi connectivity index (χ2v) is 7.11. The van der Waals surface area contributed by atoms with Gasteiger partial charge in [-0.25, -0.2) is 4.90 Å². The quantitative estimate of drug-likeness (QED) is 0.779. The molecule has 3 rings (SSSR count). The average molecular weight is 285 g/mol. The Morgan fingerprint density at radius 2 is 1.86 bits per heavy atom. The molecule has 3 nitrogen and oxygen atoms in total. The summed E-state index contributed by atoms with van der Waals surface area (Å²) in [4.78, 5) is 27.5. The van der Waals surface area contributed by atoms with Crippen LogP contribution in [0.1, 0.15) is 46.1 Å². The number of para-hydroxylation sites is 1. The third-order valence-corrected chi connectivity index (χ3v) is 6.03. The van der Waals surface area contributed by atoms with E-state index in [9.17, 15) is 9.59 Å². The van der Waals surface area contributed by atoms with Gasteiger partial charge in [0.15, 0.2) is 0 Å². The van der Waals surface area contributed by atoms with E-state index in [4.69, 9.17) is 0 Å². The zero-order valence-electron chi connectivity index (χ0n) is 13.3. The third-order valence-electron chi connectivity index (χ3n) is 6.03.